The average molecular weight is 219 g/mol. The molecule has 0 radical (unpaired) electrons. The van der Waals surface area contributed by atoms with Gasteiger partial charge in [-0.1, -0.05) is 5.16 Å². The first kappa shape index (κ1) is 10.3. The number of nitrogens with zero attached hydrogens (tertiary/aromatic N) is 3. The molecule has 0 fully saturated rings. The Kier molecular flexibility index (Phi) is 2.40. The van der Waals surface area contributed by atoms with Crippen molar-refractivity contribution in [3.8, 4) is 11.3 Å². The Morgan fingerprint density at radius 1 is 1.38 bits per heavy atom. The molecule has 2 aromatic heterocycles. The van der Waals surface area contributed by atoms with Gasteiger partial charge in [0.05, 0.1) is 17.5 Å². The van der Waals surface area contributed by atoms with Gasteiger partial charge < -0.3 is 9.63 Å². The Balaban J connectivity index is 2.58. The highest BCUT2D eigenvalue weighted by atomic mass is 16.5. The van der Waals surface area contributed by atoms with Crippen molar-refractivity contribution < 1.29 is 14.4 Å². The van der Waals surface area contributed by atoms with E-state index < -0.39 is 5.97 Å². The molecule has 0 aliphatic carbocycles. The Labute approximate surface area is 90.9 Å². The number of aromatic nitrogens is 3. The lowest BCUT2D eigenvalue weighted by atomic mass is 10.2. The minimum atomic E-state index is -1.08. The van der Waals surface area contributed by atoms with E-state index in [1.807, 2.05) is 0 Å². The summed E-state index contributed by atoms with van der Waals surface area (Å²) in [5.74, 6) is -0.0919. The Hall–Kier alpha value is -2.24. The number of carboxylic acids is 1. The molecule has 1 N–H and O–H groups in total. The number of aryl methyl sites for hydroxylation is 2. The molecule has 0 aromatic carbocycles. The minimum absolute atomic E-state index is 0.0388. The summed E-state index contributed by atoms with van der Waals surface area (Å²) >= 11 is 0. The second-order valence-electron chi connectivity index (χ2n) is 3.29. The molecule has 0 spiro atoms. The van der Waals surface area contributed by atoms with Gasteiger partial charge in [-0.2, -0.15) is 0 Å². The number of hydrogen-bond donors (Lipinski definition) is 1. The average Bonchev–Trinajstić information content (AvgIpc) is 2.63. The summed E-state index contributed by atoms with van der Waals surface area (Å²) in [7, 11) is 0. The van der Waals surface area contributed by atoms with Gasteiger partial charge in [-0.3, -0.25) is 0 Å². The first-order valence-electron chi connectivity index (χ1n) is 4.58. The van der Waals surface area contributed by atoms with Gasteiger partial charge in [0.1, 0.15) is 11.6 Å². The zero-order chi connectivity index (χ0) is 11.7. The summed E-state index contributed by atoms with van der Waals surface area (Å²) in [6.45, 7) is 3.37. The molecule has 0 unspecified atom stereocenters. The molecule has 0 aliphatic rings. The van der Waals surface area contributed by atoms with Crippen molar-refractivity contribution in [2.75, 3.05) is 0 Å². The maximum absolute atomic E-state index is 10.8. The van der Waals surface area contributed by atoms with Gasteiger partial charge in [-0.15, -0.1) is 0 Å². The lowest BCUT2D eigenvalue weighted by Gasteiger charge is -2.01. The molecule has 2 rings (SSSR count). The highest BCUT2D eigenvalue weighted by molar-refractivity contribution is 5.86. The molecule has 6 nitrogen and oxygen atoms in total. The third-order valence-corrected chi connectivity index (χ3v) is 2.08. The van der Waals surface area contributed by atoms with Gasteiger partial charge in [-0.25, -0.2) is 14.8 Å². The van der Waals surface area contributed by atoms with Crippen LogP contribution in [0, 0.1) is 13.8 Å². The number of aromatic carboxylic acids is 1. The quantitative estimate of drug-likeness (QED) is 0.822. The van der Waals surface area contributed by atoms with Crippen LogP contribution in [0.25, 0.3) is 11.3 Å². The topological polar surface area (TPSA) is 89.1 Å². The van der Waals surface area contributed by atoms with E-state index in [-0.39, 0.29) is 5.69 Å². The van der Waals surface area contributed by atoms with Gasteiger partial charge in [-0.05, 0) is 19.9 Å². The number of rotatable bonds is 2. The SMILES string of the molecule is Cc1nc(C(=O)O)cc(-c2cnoc2C)n1. The van der Waals surface area contributed by atoms with Crippen molar-refractivity contribution in [3.05, 3.63) is 29.5 Å². The van der Waals surface area contributed by atoms with Crippen LogP contribution in [-0.2, 0) is 0 Å². The van der Waals surface area contributed by atoms with Crippen molar-refractivity contribution in [1.82, 2.24) is 15.1 Å². The first-order chi connectivity index (χ1) is 7.58. The van der Waals surface area contributed by atoms with Crippen LogP contribution >= 0.6 is 0 Å². The second kappa shape index (κ2) is 3.73. The minimum Gasteiger partial charge on any atom is -0.477 e. The zero-order valence-electron chi connectivity index (χ0n) is 8.76. The molecule has 0 aliphatic heterocycles. The van der Waals surface area contributed by atoms with E-state index in [4.69, 9.17) is 9.63 Å². The molecule has 0 atom stereocenters. The molecule has 0 bridgehead atoms. The molecular formula is C10H9N3O3. The fraction of sp³-hybridized carbons (Fsp3) is 0.200. The van der Waals surface area contributed by atoms with Gasteiger partial charge in [0.2, 0.25) is 0 Å². The van der Waals surface area contributed by atoms with E-state index in [9.17, 15) is 4.79 Å². The molecule has 0 saturated carbocycles. The van der Waals surface area contributed by atoms with E-state index in [0.29, 0.717) is 22.8 Å². The van der Waals surface area contributed by atoms with Crippen molar-refractivity contribution in [3.63, 3.8) is 0 Å². The van der Waals surface area contributed by atoms with Crippen LogP contribution < -0.4 is 0 Å². The summed E-state index contributed by atoms with van der Waals surface area (Å²) in [5, 5.41) is 12.5. The molecule has 16 heavy (non-hydrogen) atoms. The van der Waals surface area contributed by atoms with E-state index in [0.717, 1.165) is 0 Å². The largest absolute Gasteiger partial charge is 0.477 e. The third-order valence-electron chi connectivity index (χ3n) is 2.08. The predicted octanol–water partition coefficient (Wildman–Crippen LogP) is 1.45. The Morgan fingerprint density at radius 2 is 2.12 bits per heavy atom. The van der Waals surface area contributed by atoms with Crippen LogP contribution in [0.1, 0.15) is 22.1 Å². The molecule has 0 saturated heterocycles. The summed E-state index contributed by atoms with van der Waals surface area (Å²) in [5.41, 5.74) is 1.14. The summed E-state index contributed by atoms with van der Waals surface area (Å²) in [6.07, 6.45) is 1.50. The van der Waals surface area contributed by atoms with Crippen LogP contribution in [0.4, 0.5) is 0 Å². The lowest BCUT2D eigenvalue weighted by Crippen LogP contribution is -2.04. The van der Waals surface area contributed by atoms with E-state index in [1.165, 1.54) is 12.3 Å². The smallest absolute Gasteiger partial charge is 0.354 e. The van der Waals surface area contributed by atoms with Gasteiger partial charge >= 0.3 is 5.97 Å². The van der Waals surface area contributed by atoms with Crippen molar-refractivity contribution in [2.45, 2.75) is 13.8 Å². The standard InChI is InChI=1S/C10H9N3O3/c1-5-7(4-11-16-5)8-3-9(10(14)15)13-6(2)12-8/h3-4H,1-2H3,(H,14,15). The van der Waals surface area contributed by atoms with Crippen molar-refractivity contribution >= 4 is 5.97 Å². The third kappa shape index (κ3) is 1.77. The molecule has 82 valence electrons. The maximum Gasteiger partial charge on any atom is 0.354 e. The monoisotopic (exact) mass is 219 g/mol. The van der Waals surface area contributed by atoms with E-state index >= 15 is 0 Å². The molecule has 2 heterocycles. The first-order valence-corrected chi connectivity index (χ1v) is 4.58. The predicted molar refractivity (Wildman–Crippen MR) is 54.0 cm³/mol. The summed E-state index contributed by atoms with van der Waals surface area (Å²) in [6, 6.07) is 1.40. The van der Waals surface area contributed by atoms with Crippen LogP contribution in [-0.4, -0.2) is 26.2 Å². The fourth-order valence-corrected chi connectivity index (χ4v) is 1.36. The van der Waals surface area contributed by atoms with Crippen LogP contribution in [0.3, 0.4) is 0 Å². The molecule has 6 heteroatoms. The Morgan fingerprint density at radius 3 is 2.69 bits per heavy atom. The van der Waals surface area contributed by atoms with Crippen molar-refractivity contribution in [1.29, 1.82) is 0 Å². The normalized spacial score (nSPS) is 10.4. The fourth-order valence-electron chi connectivity index (χ4n) is 1.36. The van der Waals surface area contributed by atoms with Crippen molar-refractivity contribution in [2.24, 2.45) is 0 Å². The molecular weight excluding hydrogens is 210 g/mol. The summed E-state index contributed by atoms with van der Waals surface area (Å²) in [4.78, 5) is 18.8. The van der Waals surface area contributed by atoms with Gasteiger partial charge in [0.25, 0.3) is 0 Å². The van der Waals surface area contributed by atoms with Crippen LogP contribution in [0.5, 0.6) is 0 Å². The van der Waals surface area contributed by atoms with Crippen LogP contribution in [0.15, 0.2) is 16.8 Å². The second-order valence-corrected chi connectivity index (χ2v) is 3.29. The van der Waals surface area contributed by atoms with Gasteiger partial charge in [0, 0.05) is 0 Å². The number of carboxylic acid groups (broad SMARTS) is 1. The van der Waals surface area contributed by atoms with E-state index in [2.05, 4.69) is 15.1 Å². The summed E-state index contributed by atoms with van der Waals surface area (Å²) < 4.78 is 4.90. The zero-order valence-corrected chi connectivity index (χ0v) is 8.76. The highest BCUT2D eigenvalue weighted by Gasteiger charge is 2.13. The molecule has 2 aromatic rings. The van der Waals surface area contributed by atoms with E-state index in [1.54, 1.807) is 13.8 Å². The number of carbonyl (C=O) groups is 1. The Bertz CT molecular complexity index is 548. The van der Waals surface area contributed by atoms with Crippen LogP contribution in [0.2, 0.25) is 0 Å². The highest BCUT2D eigenvalue weighted by Crippen LogP contribution is 2.21. The van der Waals surface area contributed by atoms with Gasteiger partial charge in [0.15, 0.2) is 5.69 Å². The number of hydrogen-bond acceptors (Lipinski definition) is 5. The lowest BCUT2D eigenvalue weighted by molar-refractivity contribution is 0.0690. The molecule has 0 amide bonds. The maximum atomic E-state index is 10.8.